The number of aryl methyl sites for hydroxylation is 1. The molecule has 3 heteroatoms. The SMILES string of the molecule is CCCc1cc(O)c(O)c(OCC)c1. The molecule has 0 spiro atoms. The molecular weight excluding hydrogens is 180 g/mol. The highest BCUT2D eigenvalue weighted by Crippen LogP contribution is 2.36. The first-order valence-electron chi connectivity index (χ1n) is 4.86. The number of phenols is 2. The number of phenolic OH excluding ortho intramolecular Hbond substituents is 2. The number of hydrogen-bond donors (Lipinski definition) is 2. The molecule has 0 aliphatic carbocycles. The highest BCUT2D eigenvalue weighted by atomic mass is 16.5. The van der Waals surface area contributed by atoms with E-state index in [1.165, 1.54) is 0 Å². The standard InChI is InChI=1S/C11H16O3/c1-3-5-8-6-9(12)11(13)10(7-8)14-4-2/h6-7,12-13H,3-5H2,1-2H3. The van der Waals surface area contributed by atoms with Gasteiger partial charge >= 0.3 is 0 Å². The van der Waals surface area contributed by atoms with Crippen LogP contribution in [0, 0.1) is 0 Å². The molecule has 0 aromatic heterocycles. The van der Waals surface area contributed by atoms with Gasteiger partial charge in [0, 0.05) is 0 Å². The van der Waals surface area contributed by atoms with Crippen molar-refractivity contribution >= 4 is 0 Å². The molecule has 14 heavy (non-hydrogen) atoms. The second-order valence-corrected chi connectivity index (χ2v) is 3.14. The zero-order chi connectivity index (χ0) is 10.6. The molecular formula is C11H16O3. The fourth-order valence-corrected chi connectivity index (χ4v) is 1.35. The van der Waals surface area contributed by atoms with Gasteiger partial charge < -0.3 is 14.9 Å². The molecule has 0 aliphatic rings. The van der Waals surface area contributed by atoms with Crippen molar-refractivity contribution in [2.45, 2.75) is 26.7 Å². The maximum Gasteiger partial charge on any atom is 0.200 e. The van der Waals surface area contributed by atoms with Gasteiger partial charge in [-0.1, -0.05) is 13.3 Å². The van der Waals surface area contributed by atoms with E-state index in [-0.39, 0.29) is 11.5 Å². The Morgan fingerprint density at radius 2 is 1.93 bits per heavy atom. The maximum atomic E-state index is 9.45. The van der Waals surface area contributed by atoms with Crippen LogP contribution >= 0.6 is 0 Å². The largest absolute Gasteiger partial charge is 0.504 e. The first-order valence-corrected chi connectivity index (χ1v) is 4.86. The molecule has 0 saturated carbocycles. The van der Waals surface area contributed by atoms with Crippen molar-refractivity contribution < 1.29 is 14.9 Å². The highest BCUT2D eigenvalue weighted by Gasteiger charge is 2.09. The fraction of sp³-hybridized carbons (Fsp3) is 0.455. The van der Waals surface area contributed by atoms with Crippen LogP contribution in [0.1, 0.15) is 25.8 Å². The molecule has 0 bridgehead atoms. The summed E-state index contributed by atoms with van der Waals surface area (Å²) in [5.41, 5.74) is 0.978. The summed E-state index contributed by atoms with van der Waals surface area (Å²) >= 11 is 0. The van der Waals surface area contributed by atoms with Crippen molar-refractivity contribution in [1.82, 2.24) is 0 Å². The topological polar surface area (TPSA) is 49.7 Å². The summed E-state index contributed by atoms with van der Waals surface area (Å²) in [6.45, 7) is 4.37. The summed E-state index contributed by atoms with van der Waals surface area (Å²) in [7, 11) is 0. The lowest BCUT2D eigenvalue weighted by atomic mass is 10.1. The van der Waals surface area contributed by atoms with E-state index in [0.29, 0.717) is 12.4 Å². The van der Waals surface area contributed by atoms with Crippen molar-refractivity contribution in [3.63, 3.8) is 0 Å². The third-order valence-electron chi connectivity index (χ3n) is 1.95. The first-order chi connectivity index (χ1) is 6.69. The molecule has 1 rings (SSSR count). The lowest BCUT2D eigenvalue weighted by molar-refractivity contribution is 0.308. The van der Waals surface area contributed by atoms with Gasteiger partial charge in [0.1, 0.15) is 0 Å². The van der Waals surface area contributed by atoms with Gasteiger partial charge in [0.15, 0.2) is 11.5 Å². The molecule has 0 atom stereocenters. The Hall–Kier alpha value is -1.38. The zero-order valence-electron chi connectivity index (χ0n) is 8.58. The minimum Gasteiger partial charge on any atom is -0.504 e. The normalized spacial score (nSPS) is 10.1. The van der Waals surface area contributed by atoms with Crippen LogP contribution in [0.15, 0.2) is 12.1 Å². The van der Waals surface area contributed by atoms with E-state index in [1.807, 2.05) is 6.92 Å². The Morgan fingerprint density at radius 3 is 2.50 bits per heavy atom. The quantitative estimate of drug-likeness (QED) is 0.727. The number of rotatable bonds is 4. The van der Waals surface area contributed by atoms with E-state index in [9.17, 15) is 10.2 Å². The van der Waals surface area contributed by atoms with Crippen LogP contribution in [0.2, 0.25) is 0 Å². The van der Waals surface area contributed by atoms with Crippen LogP contribution in [-0.4, -0.2) is 16.8 Å². The van der Waals surface area contributed by atoms with E-state index < -0.39 is 0 Å². The third kappa shape index (κ3) is 2.31. The first kappa shape index (κ1) is 10.7. The lowest BCUT2D eigenvalue weighted by Gasteiger charge is -2.09. The predicted octanol–water partition coefficient (Wildman–Crippen LogP) is 2.45. The molecule has 0 fully saturated rings. The highest BCUT2D eigenvalue weighted by molar-refractivity contribution is 5.51. The molecule has 1 aromatic rings. The number of hydrogen-bond acceptors (Lipinski definition) is 3. The minimum atomic E-state index is -0.174. The van der Waals surface area contributed by atoms with Crippen LogP contribution in [0.5, 0.6) is 17.2 Å². The monoisotopic (exact) mass is 196 g/mol. The fourth-order valence-electron chi connectivity index (χ4n) is 1.35. The van der Waals surface area contributed by atoms with Crippen LogP contribution in [-0.2, 0) is 6.42 Å². The van der Waals surface area contributed by atoms with Gasteiger partial charge in [0.05, 0.1) is 6.61 Å². The van der Waals surface area contributed by atoms with Crippen molar-refractivity contribution in [2.24, 2.45) is 0 Å². The van der Waals surface area contributed by atoms with E-state index in [1.54, 1.807) is 12.1 Å². The third-order valence-corrected chi connectivity index (χ3v) is 1.95. The van der Waals surface area contributed by atoms with Crippen molar-refractivity contribution in [1.29, 1.82) is 0 Å². The summed E-state index contributed by atoms with van der Waals surface area (Å²) in [6.07, 6.45) is 1.86. The molecule has 2 N–H and O–H groups in total. The average Bonchev–Trinajstić information content (AvgIpc) is 2.14. The Bertz CT molecular complexity index is 308. The predicted molar refractivity (Wildman–Crippen MR) is 54.9 cm³/mol. The summed E-state index contributed by atoms with van der Waals surface area (Å²) in [6, 6.07) is 3.34. The van der Waals surface area contributed by atoms with Gasteiger partial charge in [-0.25, -0.2) is 0 Å². The second-order valence-electron chi connectivity index (χ2n) is 3.14. The average molecular weight is 196 g/mol. The summed E-state index contributed by atoms with van der Waals surface area (Å²) < 4.78 is 5.19. The number of benzene rings is 1. The second kappa shape index (κ2) is 4.74. The van der Waals surface area contributed by atoms with Crippen molar-refractivity contribution in [3.05, 3.63) is 17.7 Å². The van der Waals surface area contributed by atoms with E-state index >= 15 is 0 Å². The zero-order valence-corrected chi connectivity index (χ0v) is 8.58. The number of ether oxygens (including phenoxy) is 1. The summed E-state index contributed by atoms with van der Waals surface area (Å²) in [4.78, 5) is 0. The van der Waals surface area contributed by atoms with Gasteiger partial charge in [0.2, 0.25) is 5.75 Å². The minimum absolute atomic E-state index is 0.112. The van der Waals surface area contributed by atoms with E-state index in [0.717, 1.165) is 18.4 Å². The molecule has 1 aromatic carbocycles. The lowest BCUT2D eigenvalue weighted by Crippen LogP contribution is -1.93. The van der Waals surface area contributed by atoms with Gasteiger partial charge in [-0.05, 0) is 31.0 Å². The summed E-state index contributed by atoms with van der Waals surface area (Å²) in [5, 5.41) is 18.9. The van der Waals surface area contributed by atoms with Gasteiger partial charge in [0.25, 0.3) is 0 Å². The number of aromatic hydroxyl groups is 2. The molecule has 0 heterocycles. The van der Waals surface area contributed by atoms with Gasteiger partial charge in [-0.3, -0.25) is 0 Å². The van der Waals surface area contributed by atoms with Gasteiger partial charge in [-0.15, -0.1) is 0 Å². The van der Waals surface area contributed by atoms with Crippen LogP contribution in [0.25, 0.3) is 0 Å². The van der Waals surface area contributed by atoms with Crippen molar-refractivity contribution in [3.8, 4) is 17.2 Å². The van der Waals surface area contributed by atoms with Gasteiger partial charge in [-0.2, -0.15) is 0 Å². The molecule has 0 unspecified atom stereocenters. The van der Waals surface area contributed by atoms with E-state index in [2.05, 4.69) is 6.92 Å². The Kier molecular flexibility index (Phi) is 3.63. The molecule has 0 amide bonds. The Labute approximate surface area is 84.0 Å². The smallest absolute Gasteiger partial charge is 0.200 e. The Morgan fingerprint density at radius 1 is 1.21 bits per heavy atom. The van der Waals surface area contributed by atoms with Crippen LogP contribution < -0.4 is 4.74 Å². The molecule has 3 nitrogen and oxygen atoms in total. The van der Waals surface area contributed by atoms with Crippen LogP contribution in [0.3, 0.4) is 0 Å². The molecule has 78 valence electrons. The molecule has 0 radical (unpaired) electrons. The van der Waals surface area contributed by atoms with Crippen molar-refractivity contribution in [2.75, 3.05) is 6.61 Å². The van der Waals surface area contributed by atoms with Crippen LogP contribution in [0.4, 0.5) is 0 Å². The molecule has 0 aliphatic heterocycles. The van der Waals surface area contributed by atoms with E-state index in [4.69, 9.17) is 4.74 Å². The maximum absolute atomic E-state index is 9.45. The molecule has 0 saturated heterocycles. The summed E-state index contributed by atoms with van der Waals surface area (Å²) in [5.74, 6) is 0.0713. The Balaban J connectivity index is 3.01.